The Kier molecular flexibility index (Phi) is 4.16. The van der Waals surface area contributed by atoms with Crippen LogP contribution in [-0.2, 0) is 6.42 Å². The number of hydrogen-bond donors (Lipinski definition) is 1. The van der Waals surface area contributed by atoms with Crippen molar-refractivity contribution in [3.8, 4) is 0 Å². The molecule has 2 aliphatic carbocycles. The van der Waals surface area contributed by atoms with Crippen molar-refractivity contribution in [1.82, 2.24) is 5.32 Å². The smallest absolute Gasteiger partial charge is 0.00684 e. The largest absolute Gasteiger partial charge is 0.313 e. The van der Waals surface area contributed by atoms with E-state index in [9.17, 15) is 0 Å². The molecule has 0 aromatic heterocycles. The molecule has 2 fully saturated rings. The maximum absolute atomic E-state index is 3.82. The molecule has 0 spiro atoms. The van der Waals surface area contributed by atoms with Crippen LogP contribution in [-0.4, -0.2) is 12.6 Å². The lowest BCUT2D eigenvalue weighted by Gasteiger charge is -2.38. The number of hydrogen-bond acceptors (Lipinski definition) is 1. The third kappa shape index (κ3) is 3.44. The van der Waals surface area contributed by atoms with E-state index >= 15 is 0 Å². The third-order valence-electron chi connectivity index (χ3n) is 5.33. The van der Waals surface area contributed by atoms with Crippen molar-refractivity contribution < 1.29 is 0 Å². The second-order valence-electron chi connectivity index (χ2n) is 7.32. The predicted octanol–water partition coefficient (Wildman–Crippen LogP) is 4.55. The summed E-state index contributed by atoms with van der Waals surface area (Å²) in [4.78, 5) is 0. The minimum Gasteiger partial charge on any atom is -0.313 e. The summed E-state index contributed by atoms with van der Waals surface area (Å²) in [6, 6.07) is 7.81. The minimum absolute atomic E-state index is 0.527. The zero-order chi connectivity index (χ0) is 14.0. The van der Waals surface area contributed by atoms with Crippen LogP contribution in [0.25, 0.3) is 0 Å². The fourth-order valence-corrected chi connectivity index (χ4v) is 3.76. The summed E-state index contributed by atoms with van der Waals surface area (Å²) in [6.07, 6.45) is 11.2. The van der Waals surface area contributed by atoms with Crippen LogP contribution in [0.4, 0.5) is 0 Å². The molecule has 1 aromatic rings. The van der Waals surface area contributed by atoms with Gasteiger partial charge in [0.25, 0.3) is 0 Å². The average molecular weight is 271 g/mol. The van der Waals surface area contributed by atoms with Gasteiger partial charge in [0.05, 0.1) is 0 Å². The Morgan fingerprint density at radius 2 is 1.85 bits per heavy atom. The van der Waals surface area contributed by atoms with E-state index in [1.165, 1.54) is 69.0 Å². The highest BCUT2D eigenvalue weighted by molar-refractivity contribution is 5.31. The first-order valence-electron chi connectivity index (χ1n) is 8.46. The molecular formula is C19H29N. The lowest BCUT2D eigenvalue weighted by molar-refractivity contribution is 0.180. The van der Waals surface area contributed by atoms with E-state index in [-0.39, 0.29) is 0 Å². The van der Waals surface area contributed by atoms with Gasteiger partial charge >= 0.3 is 0 Å². The zero-order valence-corrected chi connectivity index (χ0v) is 13.2. The molecule has 0 heterocycles. The Morgan fingerprint density at radius 3 is 2.55 bits per heavy atom. The van der Waals surface area contributed by atoms with Gasteiger partial charge in [-0.3, -0.25) is 0 Å². The highest BCUT2D eigenvalue weighted by Crippen LogP contribution is 2.40. The molecule has 2 saturated carbocycles. The fraction of sp³-hybridized carbons (Fsp3) is 0.684. The molecule has 20 heavy (non-hydrogen) atoms. The van der Waals surface area contributed by atoms with Crippen molar-refractivity contribution in [3.63, 3.8) is 0 Å². The van der Waals surface area contributed by atoms with E-state index in [1.807, 2.05) is 0 Å². The van der Waals surface area contributed by atoms with Crippen molar-refractivity contribution >= 4 is 0 Å². The molecule has 0 atom stereocenters. The molecule has 0 saturated heterocycles. The van der Waals surface area contributed by atoms with Crippen LogP contribution in [0.5, 0.6) is 0 Å². The fourth-order valence-electron chi connectivity index (χ4n) is 3.76. The maximum Gasteiger partial charge on any atom is 0.00684 e. The van der Waals surface area contributed by atoms with Gasteiger partial charge in [0.1, 0.15) is 0 Å². The lowest BCUT2D eigenvalue weighted by atomic mass is 9.69. The molecule has 1 aromatic carbocycles. The molecule has 0 bridgehead atoms. The van der Waals surface area contributed by atoms with Crippen molar-refractivity contribution in [2.24, 2.45) is 5.41 Å². The summed E-state index contributed by atoms with van der Waals surface area (Å²) in [5.41, 5.74) is 5.00. The van der Waals surface area contributed by atoms with Gasteiger partial charge in [0, 0.05) is 12.6 Å². The third-order valence-corrected chi connectivity index (χ3v) is 5.33. The molecule has 0 amide bonds. The van der Waals surface area contributed by atoms with Gasteiger partial charge in [-0.15, -0.1) is 0 Å². The molecule has 0 aliphatic heterocycles. The first-order valence-corrected chi connectivity index (χ1v) is 8.46. The summed E-state index contributed by atoms with van der Waals surface area (Å²) < 4.78 is 0. The van der Waals surface area contributed by atoms with Gasteiger partial charge < -0.3 is 5.32 Å². The van der Waals surface area contributed by atoms with Gasteiger partial charge in [-0.05, 0) is 62.5 Å². The Bertz CT molecular complexity index is 453. The summed E-state index contributed by atoms with van der Waals surface area (Å²) in [5.74, 6) is 0. The van der Waals surface area contributed by atoms with Gasteiger partial charge in [-0.1, -0.05) is 43.0 Å². The van der Waals surface area contributed by atoms with Crippen LogP contribution >= 0.6 is 0 Å². The second-order valence-corrected chi connectivity index (χ2v) is 7.32. The van der Waals surface area contributed by atoms with Crippen molar-refractivity contribution in [3.05, 3.63) is 34.9 Å². The Balaban J connectivity index is 1.75. The number of aryl methyl sites for hydroxylation is 2. The average Bonchev–Trinajstić information content (AvgIpc) is 3.26. The molecule has 1 N–H and O–H groups in total. The SMILES string of the molecule is Cc1ccc(C)c(CC2(CNC3CC3)CCCCC2)c1. The van der Waals surface area contributed by atoms with E-state index in [1.54, 1.807) is 5.56 Å². The Hall–Kier alpha value is -0.820. The number of nitrogens with one attached hydrogen (secondary N) is 1. The summed E-state index contributed by atoms with van der Waals surface area (Å²) in [5, 5.41) is 3.82. The summed E-state index contributed by atoms with van der Waals surface area (Å²) in [6.45, 7) is 5.74. The van der Waals surface area contributed by atoms with Crippen LogP contribution in [0.2, 0.25) is 0 Å². The van der Waals surface area contributed by atoms with E-state index in [0.29, 0.717) is 5.41 Å². The molecule has 1 heteroatoms. The normalized spacial score (nSPS) is 21.9. The van der Waals surface area contributed by atoms with Gasteiger partial charge in [-0.25, -0.2) is 0 Å². The van der Waals surface area contributed by atoms with E-state index in [2.05, 4.69) is 37.4 Å². The van der Waals surface area contributed by atoms with Crippen LogP contribution < -0.4 is 5.32 Å². The monoisotopic (exact) mass is 271 g/mol. The van der Waals surface area contributed by atoms with Gasteiger partial charge in [0.2, 0.25) is 0 Å². The quantitative estimate of drug-likeness (QED) is 0.828. The number of rotatable bonds is 5. The molecule has 0 radical (unpaired) electrons. The summed E-state index contributed by atoms with van der Waals surface area (Å²) in [7, 11) is 0. The second kappa shape index (κ2) is 5.89. The topological polar surface area (TPSA) is 12.0 Å². The Morgan fingerprint density at radius 1 is 1.10 bits per heavy atom. The van der Waals surface area contributed by atoms with E-state index < -0.39 is 0 Å². The summed E-state index contributed by atoms with van der Waals surface area (Å²) >= 11 is 0. The molecule has 1 nitrogen and oxygen atoms in total. The molecule has 2 aliphatic rings. The predicted molar refractivity (Wildman–Crippen MR) is 86.2 cm³/mol. The van der Waals surface area contributed by atoms with Crippen LogP contribution in [0.3, 0.4) is 0 Å². The van der Waals surface area contributed by atoms with Crippen LogP contribution in [0.1, 0.15) is 61.6 Å². The van der Waals surface area contributed by atoms with E-state index in [4.69, 9.17) is 0 Å². The van der Waals surface area contributed by atoms with Crippen molar-refractivity contribution in [1.29, 1.82) is 0 Å². The zero-order valence-electron chi connectivity index (χ0n) is 13.2. The molecule has 110 valence electrons. The molecule has 3 rings (SSSR count). The standard InChI is InChI=1S/C19H29N/c1-15-6-7-16(2)17(12-15)13-19(10-4-3-5-11-19)14-20-18-8-9-18/h6-7,12,18,20H,3-5,8-11,13-14H2,1-2H3. The Labute approximate surface area is 124 Å². The van der Waals surface area contributed by atoms with Gasteiger partial charge in [0.15, 0.2) is 0 Å². The van der Waals surface area contributed by atoms with Crippen molar-refractivity contribution in [2.75, 3.05) is 6.54 Å². The van der Waals surface area contributed by atoms with Crippen molar-refractivity contribution in [2.45, 2.75) is 71.3 Å². The van der Waals surface area contributed by atoms with E-state index in [0.717, 1.165) is 6.04 Å². The highest BCUT2D eigenvalue weighted by Gasteiger charge is 2.34. The first-order chi connectivity index (χ1) is 9.67. The first kappa shape index (κ1) is 14.1. The lowest BCUT2D eigenvalue weighted by Crippen LogP contribution is -2.39. The van der Waals surface area contributed by atoms with Crippen LogP contribution in [0, 0.1) is 19.3 Å². The highest BCUT2D eigenvalue weighted by atomic mass is 15.0. The molecular weight excluding hydrogens is 242 g/mol. The molecule has 0 unspecified atom stereocenters. The maximum atomic E-state index is 3.82. The number of benzene rings is 1. The van der Waals surface area contributed by atoms with Crippen LogP contribution in [0.15, 0.2) is 18.2 Å². The minimum atomic E-state index is 0.527. The van der Waals surface area contributed by atoms with Gasteiger partial charge in [-0.2, -0.15) is 0 Å².